The molecule has 124 valence electrons. The minimum atomic E-state index is -0.500. The van der Waals surface area contributed by atoms with Crippen LogP contribution in [0, 0.1) is 0 Å². The first-order valence-electron chi connectivity index (χ1n) is 8.38. The van der Waals surface area contributed by atoms with E-state index in [-0.39, 0.29) is 6.09 Å². The van der Waals surface area contributed by atoms with Gasteiger partial charge in [0.25, 0.3) is 0 Å². The van der Waals surface area contributed by atoms with Crippen molar-refractivity contribution in [1.82, 2.24) is 4.57 Å². The maximum Gasteiger partial charge on any atom is 0.419 e. The van der Waals surface area contributed by atoms with Gasteiger partial charge in [-0.05, 0) is 58.1 Å². The lowest BCUT2D eigenvalue weighted by atomic mass is 10.0. The minimum Gasteiger partial charge on any atom is -0.443 e. The summed E-state index contributed by atoms with van der Waals surface area (Å²) in [5.41, 5.74) is 1.59. The molecule has 0 aliphatic carbocycles. The molecule has 1 fully saturated rings. The van der Waals surface area contributed by atoms with Crippen molar-refractivity contribution in [3.8, 4) is 0 Å². The Kier molecular flexibility index (Phi) is 4.44. The molecule has 3 rings (SSSR count). The van der Waals surface area contributed by atoms with Crippen LogP contribution in [0.4, 0.5) is 4.79 Å². The Balaban J connectivity index is 1.85. The summed E-state index contributed by atoms with van der Waals surface area (Å²) >= 11 is 0. The van der Waals surface area contributed by atoms with Crippen LogP contribution in [-0.2, 0) is 15.9 Å². The molecule has 1 aliphatic rings. The van der Waals surface area contributed by atoms with Gasteiger partial charge in [-0.2, -0.15) is 0 Å². The monoisotopic (exact) mass is 315 g/mol. The van der Waals surface area contributed by atoms with Gasteiger partial charge < -0.3 is 9.47 Å². The van der Waals surface area contributed by atoms with Crippen molar-refractivity contribution in [3.05, 3.63) is 36.0 Å². The summed E-state index contributed by atoms with van der Waals surface area (Å²) in [6, 6.07) is 8.00. The number of aromatic nitrogens is 1. The van der Waals surface area contributed by atoms with E-state index in [1.54, 1.807) is 4.57 Å². The molecule has 4 heteroatoms. The number of hydrogen-bond acceptors (Lipinski definition) is 3. The summed E-state index contributed by atoms with van der Waals surface area (Å²) in [5.74, 6) is 0. The molecule has 0 N–H and O–H groups in total. The van der Waals surface area contributed by atoms with Crippen molar-refractivity contribution in [3.63, 3.8) is 0 Å². The Labute approximate surface area is 137 Å². The zero-order valence-electron chi connectivity index (χ0n) is 14.2. The van der Waals surface area contributed by atoms with Crippen LogP contribution in [0.25, 0.3) is 10.9 Å². The van der Waals surface area contributed by atoms with E-state index in [0.29, 0.717) is 6.10 Å². The third-order valence-corrected chi connectivity index (χ3v) is 4.14. The van der Waals surface area contributed by atoms with Gasteiger partial charge in [0.05, 0.1) is 11.6 Å². The molecule has 0 unspecified atom stereocenters. The van der Waals surface area contributed by atoms with Crippen LogP contribution in [0.2, 0.25) is 0 Å². The van der Waals surface area contributed by atoms with Gasteiger partial charge in [-0.3, -0.25) is 4.57 Å². The van der Waals surface area contributed by atoms with Crippen LogP contribution >= 0.6 is 0 Å². The van der Waals surface area contributed by atoms with Gasteiger partial charge in [-0.1, -0.05) is 18.2 Å². The van der Waals surface area contributed by atoms with Gasteiger partial charge >= 0.3 is 6.09 Å². The van der Waals surface area contributed by atoms with E-state index < -0.39 is 5.60 Å². The van der Waals surface area contributed by atoms with Crippen LogP contribution in [0.15, 0.2) is 30.5 Å². The van der Waals surface area contributed by atoms with E-state index in [1.807, 2.05) is 45.2 Å². The van der Waals surface area contributed by atoms with E-state index in [9.17, 15) is 4.79 Å². The van der Waals surface area contributed by atoms with Gasteiger partial charge in [-0.15, -0.1) is 0 Å². The number of para-hydroxylation sites is 1. The fraction of sp³-hybridized carbons (Fsp3) is 0.526. The molecule has 2 heterocycles. The summed E-state index contributed by atoms with van der Waals surface area (Å²) in [6.45, 7) is 6.53. The second-order valence-electron chi connectivity index (χ2n) is 7.20. The number of ether oxygens (including phenoxy) is 2. The van der Waals surface area contributed by atoms with Gasteiger partial charge in [-0.25, -0.2) is 4.79 Å². The summed E-state index contributed by atoms with van der Waals surface area (Å²) in [4.78, 5) is 12.5. The summed E-state index contributed by atoms with van der Waals surface area (Å²) in [5, 5.41) is 1.12. The molecule has 1 aliphatic heterocycles. The van der Waals surface area contributed by atoms with E-state index in [2.05, 4.69) is 6.07 Å². The molecular weight excluding hydrogens is 290 g/mol. The molecule has 0 bridgehead atoms. The third kappa shape index (κ3) is 3.75. The van der Waals surface area contributed by atoms with E-state index in [1.165, 1.54) is 5.56 Å². The normalized spacial score (nSPS) is 18.5. The number of hydrogen-bond donors (Lipinski definition) is 0. The number of aryl methyl sites for hydroxylation is 1. The van der Waals surface area contributed by atoms with Crippen LogP contribution in [-0.4, -0.2) is 29.0 Å². The minimum absolute atomic E-state index is 0.322. The Morgan fingerprint density at radius 1 is 1.35 bits per heavy atom. The highest BCUT2D eigenvalue weighted by Crippen LogP contribution is 2.26. The highest BCUT2D eigenvalue weighted by atomic mass is 16.6. The maximum atomic E-state index is 12.5. The fourth-order valence-corrected chi connectivity index (χ4v) is 3.10. The van der Waals surface area contributed by atoms with E-state index >= 15 is 0 Å². The lowest BCUT2D eigenvalue weighted by molar-refractivity contribution is 0.0544. The Morgan fingerprint density at radius 2 is 2.13 bits per heavy atom. The van der Waals surface area contributed by atoms with Crippen molar-refractivity contribution in [2.75, 3.05) is 6.61 Å². The average Bonchev–Trinajstić information content (AvgIpc) is 3.11. The smallest absolute Gasteiger partial charge is 0.419 e. The van der Waals surface area contributed by atoms with E-state index in [0.717, 1.165) is 43.2 Å². The van der Waals surface area contributed by atoms with Crippen LogP contribution < -0.4 is 0 Å². The van der Waals surface area contributed by atoms with Crippen molar-refractivity contribution in [1.29, 1.82) is 0 Å². The molecule has 0 spiro atoms. The molecular formula is C19H25NO3. The molecule has 0 saturated carbocycles. The topological polar surface area (TPSA) is 40.5 Å². The standard InChI is InChI=1S/C19H25NO3/c1-19(2,3)23-18(21)20-13-14(10-11-15-7-6-12-22-15)16-8-4-5-9-17(16)20/h4-5,8-9,13,15H,6-7,10-12H2,1-3H3/t15-/m1/s1. The Hall–Kier alpha value is -1.81. The predicted octanol–water partition coefficient (Wildman–Crippen LogP) is 4.54. The Morgan fingerprint density at radius 3 is 2.83 bits per heavy atom. The highest BCUT2D eigenvalue weighted by molar-refractivity contribution is 5.92. The van der Waals surface area contributed by atoms with E-state index in [4.69, 9.17) is 9.47 Å². The van der Waals surface area contributed by atoms with Crippen LogP contribution in [0.3, 0.4) is 0 Å². The third-order valence-electron chi connectivity index (χ3n) is 4.14. The second kappa shape index (κ2) is 6.36. The van der Waals surface area contributed by atoms with Gasteiger partial charge in [0, 0.05) is 18.2 Å². The molecule has 1 saturated heterocycles. The second-order valence-corrected chi connectivity index (χ2v) is 7.20. The molecule has 0 amide bonds. The summed E-state index contributed by atoms with van der Waals surface area (Å²) in [6.07, 6.45) is 6.18. The molecule has 23 heavy (non-hydrogen) atoms. The number of fused-ring (bicyclic) bond motifs is 1. The SMILES string of the molecule is CC(C)(C)OC(=O)n1cc(CC[C@H]2CCCO2)c2ccccc21. The van der Waals surface area contributed by atoms with Gasteiger partial charge in [0.2, 0.25) is 0 Å². The summed E-state index contributed by atoms with van der Waals surface area (Å²) in [7, 11) is 0. The van der Waals surface area contributed by atoms with Crippen LogP contribution in [0.1, 0.15) is 45.6 Å². The molecule has 2 aromatic rings. The quantitative estimate of drug-likeness (QED) is 0.835. The highest BCUT2D eigenvalue weighted by Gasteiger charge is 2.21. The molecule has 0 radical (unpaired) electrons. The lowest BCUT2D eigenvalue weighted by Gasteiger charge is -2.19. The lowest BCUT2D eigenvalue weighted by Crippen LogP contribution is -2.26. The maximum absolute atomic E-state index is 12.5. The molecule has 1 aromatic carbocycles. The fourth-order valence-electron chi connectivity index (χ4n) is 3.10. The molecule has 1 atom stereocenters. The average molecular weight is 315 g/mol. The molecule has 4 nitrogen and oxygen atoms in total. The first-order chi connectivity index (χ1) is 10.9. The number of nitrogens with zero attached hydrogens (tertiary/aromatic N) is 1. The van der Waals surface area contributed by atoms with Gasteiger partial charge in [0.1, 0.15) is 5.60 Å². The van der Waals surface area contributed by atoms with Crippen molar-refractivity contribution in [2.24, 2.45) is 0 Å². The number of benzene rings is 1. The zero-order valence-corrected chi connectivity index (χ0v) is 14.2. The zero-order chi connectivity index (χ0) is 16.4. The number of carbonyl (C=O) groups excluding carboxylic acids is 1. The first kappa shape index (κ1) is 16.1. The Bertz CT molecular complexity index is 690. The first-order valence-corrected chi connectivity index (χ1v) is 8.38. The van der Waals surface area contributed by atoms with Crippen LogP contribution in [0.5, 0.6) is 0 Å². The van der Waals surface area contributed by atoms with Crippen molar-refractivity contribution in [2.45, 2.75) is 58.2 Å². The largest absolute Gasteiger partial charge is 0.443 e. The summed E-state index contributed by atoms with van der Waals surface area (Å²) < 4.78 is 12.9. The molecule has 1 aromatic heterocycles. The predicted molar refractivity (Wildman–Crippen MR) is 90.9 cm³/mol. The van der Waals surface area contributed by atoms with Crippen molar-refractivity contribution < 1.29 is 14.3 Å². The van der Waals surface area contributed by atoms with Gasteiger partial charge in [0.15, 0.2) is 0 Å². The van der Waals surface area contributed by atoms with Crippen molar-refractivity contribution >= 4 is 17.0 Å². The number of carbonyl (C=O) groups is 1. The number of rotatable bonds is 3.